The van der Waals surface area contributed by atoms with E-state index in [9.17, 15) is 0 Å². The zero-order valence-corrected chi connectivity index (χ0v) is 13.7. The number of piperazine rings is 1. The predicted octanol–water partition coefficient (Wildman–Crippen LogP) is 3.39. The average molecular weight is 284 g/mol. The highest BCUT2D eigenvalue weighted by atomic mass is 15.3. The van der Waals surface area contributed by atoms with Crippen molar-refractivity contribution < 1.29 is 0 Å². The van der Waals surface area contributed by atoms with E-state index in [1.54, 1.807) is 0 Å². The molecular weight excluding hydrogens is 256 g/mol. The Morgan fingerprint density at radius 1 is 1.00 bits per heavy atom. The van der Waals surface area contributed by atoms with Crippen molar-refractivity contribution in [2.75, 3.05) is 33.2 Å². The van der Waals surface area contributed by atoms with E-state index in [0.29, 0.717) is 0 Å². The zero-order chi connectivity index (χ0) is 14.9. The lowest BCUT2D eigenvalue weighted by Crippen LogP contribution is -2.45. The minimum Gasteiger partial charge on any atom is -0.304 e. The summed E-state index contributed by atoms with van der Waals surface area (Å²) >= 11 is 0. The first kappa shape index (κ1) is 14.8. The molecule has 2 nitrogen and oxygen atoms in total. The molecule has 114 valence electrons. The van der Waals surface area contributed by atoms with Crippen LogP contribution in [0.5, 0.6) is 0 Å². The largest absolute Gasteiger partial charge is 0.304 e. The molecule has 0 N–H and O–H groups in total. The van der Waals surface area contributed by atoms with Gasteiger partial charge in [-0.3, -0.25) is 4.90 Å². The first-order chi connectivity index (χ1) is 10.1. The molecule has 21 heavy (non-hydrogen) atoms. The van der Waals surface area contributed by atoms with Gasteiger partial charge in [0.05, 0.1) is 0 Å². The lowest BCUT2D eigenvalue weighted by Gasteiger charge is -2.32. The molecule has 1 aliphatic heterocycles. The van der Waals surface area contributed by atoms with Gasteiger partial charge in [-0.2, -0.15) is 0 Å². The molecule has 0 atom stereocenters. The fourth-order valence-corrected chi connectivity index (χ4v) is 3.24. The molecule has 1 saturated heterocycles. The van der Waals surface area contributed by atoms with E-state index in [2.05, 4.69) is 67.1 Å². The van der Waals surface area contributed by atoms with Crippen molar-refractivity contribution in [2.45, 2.75) is 38.1 Å². The Kier molecular flexibility index (Phi) is 4.19. The number of nitrogens with zero attached hydrogens (tertiary/aromatic N) is 2. The van der Waals surface area contributed by atoms with Crippen LogP contribution in [0.2, 0.25) is 0 Å². The zero-order valence-electron chi connectivity index (χ0n) is 13.7. The van der Waals surface area contributed by atoms with E-state index in [1.165, 1.54) is 50.1 Å². The minimum absolute atomic E-state index is 0.247. The smallest absolute Gasteiger partial charge is 0.0113 e. The van der Waals surface area contributed by atoms with E-state index in [1.807, 2.05) is 0 Å². The maximum atomic E-state index is 2.64. The molecule has 2 fully saturated rings. The molecule has 1 aromatic rings. The molecule has 3 aliphatic rings. The third-order valence-electron chi connectivity index (χ3n) is 4.94. The van der Waals surface area contributed by atoms with Gasteiger partial charge in [0.25, 0.3) is 0 Å². The van der Waals surface area contributed by atoms with E-state index in [4.69, 9.17) is 0 Å². The van der Waals surface area contributed by atoms with Crippen LogP contribution in [-0.2, 0) is 5.41 Å². The van der Waals surface area contributed by atoms with Crippen LogP contribution >= 0.6 is 0 Å². The van der Waals surface area contributed by atoms with Gasteiger partial charge in [-0.05, 0) is 31.0 Å². The van der Waals surface area contributed by atoms with E-state index < -0.39 is 0 Å². The third-order valence-corrected chi connectivity index (χ3v) is 4.94. The maximum Gasteiger partial charge on any atom is 0.0113 e. The average Bonchev–Trinajstić information content (AvgIpc) is 3.27. The van der Waals surface area contributed by atoms with Crippen LogP contribution in [0, 0.1) is 0 Å². The van der Waals surface area contributed by atoms with Crippen molar-refractivity contribution >= 4 is 6.08 Å². The molecule has 1 aromatic carbocycles. The second-order valence-corrected chi connectivity index (χ2v) is 7.21. The summed E-state index contributed by atoms with van der Waals surface area (Å²) in [6.07, 6.45) is 7.39. The lowest BCUT2D eigenvalue weighted by molar-refractivity contribution is 0.147. The lowest BCUT2D eigenvalue weighted by atomic mass is 9.87. The van der Waals surface area contributed by atoms with E-state index in [-0.39, 0.29) is 5.41 Å². The molecule has 0 bridgehead atoms. The third kappa shape index (κ3) is 3.56. The molecule has 2 heteroatoms. The highest BCUT2D eigenvalue weighted by Gasteiger charge is 2.30. The molecular formula is C19H28N2. The monoisotopic (exact) mass is 284 g/mol. The fourth-order valence-electron chi connectivity index (χ4n) is 3.24. The Morgan fingerprint density at radius 2 is 1.67 bits per heavy atom. The summed E-state index contributed by atoms with van der Waals surface area (Å²) in [6.45, 7) is 9.65. The highest BCUT2D eigenvalue weighted by molar-refractivity contribution is 5.64. The Balaban J connectivity index is 0.000000126. The van der Waals surface area contributed by atoms with Gasteiger partial charge in [0.1, 0.15) is 0 Å². The summed E-state index contributed by atoms with van der Waals surface area (Å²) in [7, 11) is 2.21. The molecule has 0 spiro atoms. The van der Waals surface area contributed by atoms with Gasteiger partial charge in [0, 0.05) is 37.6 Å². The molecule has 1 heterocycles. The predicted molar refractivity (Wildman–Crippen MR) is 90.6 cm³/mol. The number of hydrogen-bond donors (Lipinski definition) is 0. The summed E-state index contributed by atoms with van der Waals surface area (Å²) < 4.78 is 0. The number of rotatable bonds is 1. The maximum absolute atomic E-state index is 2.64. The molecule has 0 unspecified atom stereocenters. The van der Waals surface area contributed by atoms with Gasteiger partial charge < -0.3 is 4.90 Å². The molecule has 2 aliphatic carbocycles. The van der Waals surface area contributed by atoms with Crippen molar-refractivity contribution in [2.24, 2.45) is 0 Å². The molecule has 0 radical (unpaired) electrons. The second kappa shape index (κ2) is 5.94. The Morgan fingerprint density at radius 3 is 2.29 bits per heavy atom. The summed E-state index contributed by atoms with van der Waals surface area (Å²) in [5.74, 6) is 0. The summed E-state index contributed by atoms with van der Waals surface area (Å²) in [5.41, 5.74) is 3.06. The Bertz CT molecular complexity index is 506. The number of allylic oxidation sites excluding steroid dienone is 1. The van der Waals surface area contributed by atoms with Crippen molar-refractivity contribution in [3.05, 3.63) is 41.5 Å². The van der Waals surface area contributed by atoms with Gasteiger partial charge in [-0.25, -0.2) is 0 Å². The normalized spacial score (nSPS) is 24.3. The van der Waals surface area contributed by atoms with Gasteiger partial charge in [0.15, 0.2) is 0 Å². The van der Waals surface area contributed by atoms with Crippen LogP contribution in [0.25, 0.3) is 6.08 Å². The van der Waals surface area contributed by atoms with Crippen LogP contribution in [0.4, 0.5) is 0 Å². The first-order valence-corrected chi connectivity index (χ1v) is 8.27. The topological polar surface area (TPSA) is 6.48 Å². The van der Waals surface area contributed by atoms with Crippen molar-refractivity contribution in [3.8, 4) is 0 Å². The standard InChI is InChI=1S/C11H12.C8H16N2/c1-11(2)8-7-9-5-3-4-6-10(9)11;1-9-4-6-10(7-5-9)8-2-3-8/h3-8H,1-2H3;8H,2-7H2,1H3. The van der Waals surface area contributed by atoms with Crippen LogP contribution in [0.1, 0.15) is 37.8 Å². The van der Waals surface area contributed by atoms with Crippen LogP contribution in [-0.4, -0.2) is 49.1 Å². The summed E-state index contributed by atoms with van der Waals surface area (Å²) in [4.78, 5) is 5.05. The molecule has 0 aromatic heterocycles. The van der Waals surface area contributed by atoms with Crippen LogP contribution in [0.15, 0.2) is 30.3 Å². The number of likely N-dealkylation sites (N-methyl/N-ethyl adjacent to an activating group) is 1. The fraction of sp³-hybridized carbons (Fsp3) is 0.579. The van der Waals surface area contributed by atoms with Crippen LogP contribution in [0.3, 0.4) is 0 Å². The van der Waals surface area contributed by atoms with E-state index >= 15 is 0 Å². The van der Waals surface area contributed by atoms with Crippen LogP contribution < -0.4 is 0 Å². The Labute approximate surface area is 129 Å². The number of benzene rings is 1. The quantitative estimate of drug-likeness (QED) is 0.780. The summed E-state index contributed by atoms with van der Waals surface area (Å²) in [6, 6.07) is 9.54. The summed E-state index contributed by atoms with van der Waals surface area (Å²) in [5, 5.41) is 0. The van der Waals surface area contributed by atoms with Gasteiger partial charge in [0.2, 0.25) is 0 Å². The molecule has 1 saturated carbocycles. The van der Waals surface area contributed by atoms with Crippen molar-refractivity contribution in [3.63, 3.8) is 0 Å². The molecule has 0 amide bonds. The second-order valence-electron chi connectivity index (χ2n) is 7.21. The SMILES string of the molecule is CC1(C)C=Cc2ccccc21.CN1CCN(C2CC2)CC1. The van der Waals surface area contributed by atoms with Crippen molar-refractivity contribution in [1.82, 2.24) is 9.80 Å². The highest BCUT2D eigenvalue weighted by Crippen LogP contribution is 2.34. The van der Waals surface area contributed by atoms with Gasteiger partial charge >= 0.3 is 0 Å². The minimum atomic E-state index is 0.247. The van der Waals surface area contributed by atoms with E-state index in [0.717, 1.165) is 6.04 Å². The van der Waals surface area contributed by atoms with Crippen molar-refractivity contribution in [1.29, 1.82) is 0 Å². The molecule has 4 rings (SSSR count). The Hall–Kier alpha value is -1.12. The first-order valence-electron chi connectivity index (χ1n) is 8.27. The number of hydrogen-bond acceptors (Lipinski definition) is 2. The van der Waals surface area contributed by atoms with Gasteiger partial charge in [-0.1, -0.05) is 50.3 Å². The number of fused-ring (bicyclic) bond motifs is 1. The van der Waals surface area contributed by atoms with Gasteiger partial charge in [-0.15, -0.1) is 0 Å².